The number of rotatable bonds is 5. The maximum absolute atomic E-state index is 6.91. The van der Waals surface area contributed by atoms with Gasteiger partial charge in [0.15, 0.2) is 17.5 Å². The molecule has 0 bridgehead atoms. The predicted molar refractivity (Wildman–Crippen MR) is 216 cm³/mol. The van der Waals surface area contributed by atoms with Gasteiger partial charge in [0.25, 0.3) is 0 Å². The third kappa shape index (κ3) is 4.66. The molecule has 4 nitrogen and oxygen atoms in total. The van der Waals surface area contributed by atoms with E-state index in [0.29, 0.717) is 17.5 Å². The summed E-state index contributed by atoms with van der Waals surface area (Å²) in [6, 6.07) is 61.5. The summed E-state index contributed by atoms with van der Waals surface area (Å²) < 4.78 is 6.91. The Balaban J connectivity index is 1.22. The lowest BCUT2D eigenvalue weighted by molar-refractivity contribution is 0.670. The quantitative estimate of drug-likeness (QED) is 0.182. The molecule has 4 heteroatoms. The van der Waals surface area contributed by atoms with Crippen molar-refractivity contribution in [1.82, 2.24) is 15.0 Å². The minimum Gasteiger partial charge on any atom is -0.455 e. The van der Waals surface area contributed by atoms with Gasteiger partial charge in [0.2, 0.25) is 0 Å². The highest BCUT2D eigenvalue weighted by atomic mass is 16.3. The van der Waals surface area contributed by atoms with Crippen LogP contribution in [0.4, 0.5) is 0 Å². The zero-order valence-corrected chi connectivity index (χ0v) is 28.5. The Morgan fingerprint density at radius 1 is 0.340 bits per heavy atom. The number of hydrogen-bond donors (Lipinski definition) is 0. The van der Waals surface area contributed by atoms with Crippen LogP contribution in [0.1, 0.15) is 0 Å². The number of benzene rings is 8. The van der Waals surface area contributed by atoms with Gasteiger partial charge in [-0.1, -0.05) is 146 Å². The zero-order chi connectivity index (χ0) is 34.9. The van der Waals surface area contributed by atoms with E-state index in [4.69, 9.17) is 19.4 Å². The highest BCUT2D eigenvalue weighted by Crippen LogP contribution is 2.54. The summed E-state index contributed by atoms with van der Waals surface area (Å²) >= 11 is 0. The third-order valence-corrected chi connectivity index (χ3v) is 10.5. The number of furan rings is 1. The summed E-state index contributed by atoms with van der Waals surface area (Å²) in [4.78, 5) is 15.2. The highest BCUT2D eigenvalue weighted by molar-refractivity contribution is 6.22. The molecule has 53 heavy (non-hydrogen) atoms. The molecule has 1 aliphatic rings. The normalized spacial score (nSPS) is 11.8. The maximum atomic E-state index is 6.91. The lowest BCUT2D eigenvalue weighted by Crippen LogP contribution is -2.00. The van der Waals surface area contributed by atoms with Gasteiger partial charge < -0.3 is 4.42 Å². The summed E-state index contributed by atoms with van der Waals surface area (Å²) in [7, 11) is 0. The second kappa shape index (κ2) is 11.7. The fourth-order valence-electron chi connectivity index (χ4n) is 8.08. The number of fused-ring (bicyclic) bond motifs is 6. The van der Waals surface area contributed by atoms with Gasteiger partial charge >= 0.3 is 0 Å². The summed E-state index contributed by atoms with van der Waals surface area (Å²) in [5.74, 6) is 1.85. The SMILES string of the molecule is c1ccc(-c2cc(-c3ccc(-c4nc(-c5ccccc5)nc(-c5ccccc5)n4)c4c3oc3ccccc34)c3c(c2)-c2cccc4cccc-3c24)cc1. The first-order valence-corrected chi connectivity index (χ1v) is 17.9. The molecule has 11 rings (SSSR count). The second-order valence-electron chi connectivity index (χ2n) is 13.5. The molecule has 2 aromatic heterocycles. The molecule has 0 unspecified atom stereocenters. The Hall–Kier alpha value is -7.17. The van der Waals surface area contributed by atoms with Crippen molar-refractivity contribution in [2.45, 2.75) is 0 Å². The van der Waals surface area contributed by atoms with E-state index in [1.807, 2.05) is 72.8 Å². The van der Waals surface area contributed by atoms with Crippen LogP contribution in [0.15, 0.2) is 180 Å². The Bertz CT molecular complexity index is 2980. The van der Waals surface area contributed by atoms with Crippen molar-refractivity contribution in [1.29, 1.82) is 0 Å². The zero-order valence-electron chi connectivity index (χ0n) is 28.5. The lowest BCUT2D eigenvalue weighted by Gasteiger charge is -2.16. The van der Waals surface area contributed by atoms with Crippen LogP contribution in [0, 0.1) is 0 Å². The summed E-state index contributed by atoms with van der Waals surface area (Å²) in [5.41, 5.74) is 13.8. The van der Waals surface area contributed by atoms with Crippen LogP contribution in [0.3, 0.4) is 0 Å². The van der Waals surface area contributed by atoms with Crippen LogP contribution in [0.25, 0.3) is 111 Å². The Labute approximate surface area is 305 Å². The molecule has 0 saturated carbocycles. The Morgan fingerprint density at radius 2 is 0.887 bits per heavy atom. The Morgan fingerprint density at radius 3 is 1.57 bits per heavy atom. The minimum absolute atomic E-state index is 0.598. The summed E-state index contributed by atoms with van der Waals surface area (Å²) in [6.45, 7) is 0. The van der Waals surface area contributed by atoms with Gasteiger partial charge in [-0.2, -0.15) is 0 Å². The maximum Gasteiger partial charge on any atom is 0.164 e. The number of nitrogens with zero attached hydrogens (tertiary/aromatic N) is 3. The van der Waals surface area contributed by atoms with Gasteiger partial charge in [-0.15, -0.1) is 0 Å². The van der Waals surface area contributed by atoms with E-state index in [1.165, 1.54) is 38.6 Å². The molecule has 1 aliphatic carbocycles. The Kier molecular flexibility index (Phi) is 6.52. The smallest absolute Gasteiger partial charge is 0.164 e. The molecule has 8 aromatic carbocycles. The van der Waals surface area contributed by atoms with E-state index >= 15 is 0 Å². The van der Waals surface area contributed by atoms with Crippen molar-refractivity contribution in [2.24, 2.45) is 0 Å². The number of hydrogen-bond acceptors (Lipinski definition) is 4. The highest BCUT2D eigenvalue weighted by Gasteiger charge is 2.28. The fraction of sp³-hybridized carbons (Fsp3) is 0. The van der Waals surface area contributed by atoms with Gasteiger partial charge in [0, 0.05) is 33.0 Å². The topological polar surface area (TPSA) is 51.8 Å². The van der Waals surface area contributed by atoms with Gasteiger partial charge in [-0.05, 0) is 80.0 Å². The van der Waals surface area contributed by atoms with Crippen LogP contribution < -0.4 is 0 Å². The molecule has 2 heterocycles. The van der Waals surface area contributed by atoms with Crippen LogP contribution in [-0.2, 0) is 0 Å². The van der Waals surface area contributed by atoms with Gasteiger partial charge in [0.05, 0.1) is 0 Å². The average Bonchev–Trinajstić information content (AvgIpc) is 3.79. The van der Waals surface area contributed by atoms with Crippen molar-refractivity contribution in [3.63, 3.8) is 0 Å². The molecule has 0 aliphatic heterocycles. The predicted octanol–water partition coefficient (Wildman–Crippen LogP) is 12.9. The van der Waals surface area contributed by atoms with E-state index in [0.717, 1.165) is 55.3 Å². The molecule has 0 radical (unpaired) electrons. The molecule has 0 atom stereocenters. The average molecular weight is 676 g/mol. The van der Waals surface area contributed by atoms with Crippen LogP contribution in [0.2, 0.25) is 0 Å². The fourth-order valence-corrected chi connectivity index (χ4v) is 8.08. The minimum atomic E-state index is 0.598. The van der Waals surface area contributed by atoms with Gasteiger partial charge in [0.1, 0.15) is 11.2 Å². The van der Waals surface area contributed by atoms with E-state index in [1.54, 1.807) is 0 Å². The van der Waals surface area contributed by atoms with Crippen molar-refractivity contribution < 1.29 is 4.42 Å². The molecule has 0 N–H and O–H groups in total. The molecule has 0 spiro atoms. The van der Waals surface area contributed by atoms with Gasteiger partial charge in [-0.3, -0.25) is 0 Å². The van der Waals surface area contributed by atoms with Crippen molar-refractivity contribution >= 4 is 32.7 Å². The van der Waals surface area contributed by atoms with E-state index in [2.05, 4.69) is 103 Å². The molecule has 0 amide bonds. The molecular weight excluding hydrogens is 647 g/mol. The van der Waals surface area contributed by atoms with Crippen molar-refractivity contribution in [3.8, 4) is 78.7 Å². The van der Waals surface area contributed by atoms with E-state index < -0.39 is 0 Å². The van der Waals surface area contributed by atoms with Crippen LogP contribution in [-0.4, -0.2) is 15.0 Å². The van der Waals surface area contributed by atoms with E-state index in [-0.39, 0.29) is 0 Å². The van der Waals surface area contributed by atoms with Crippen LogP contribution in [0.5, 0.6) is 0 Å². The number of aromatic nitrogens is 3. The van der Waals surface area contributed by atoms with Crippen molar-refractivity contribution in [2.75, 3.05) is 0 Å². The summed E-state index contributed by atoms with van der Waals surface area (Å²) in [5, 5.41) is 4.53. The number of para-hydroxylation sites is 1. The first kappa shape index (κ1) is 29.5. The van der Waals surface area contributed by atoms with Gasteiger partial charge in [-0.25, -0.2) is 15.0 Å². The third-order valence-electron chi connectivity index (χ3n) is 10.5. The second-order valence-corrected chi connectivity index (χ2v) is 13.5. The molecule has 0 fully saturated rings. The largest absolute Gasteiger partial charge is 0.455 e. The summed E-state index contributed by atoms with van der Waals surface area (Å²) in [6.07, 6.45) is 0. The molecular formula is C49H29N3O. The first-order valence-electron chi connectivity index (χ1n) is 17.9. The molecule has 246 valence electrons. The monoisotopic (exact) mass is 675 g/mol. The lowest BCUT2D eigenvalue weighted by atomic mass is 9.88. The van der Waals surface area contributed by atoms with E-state index in [9.17, 15) is 0 Å². The van der Waals surface area contributed by atoms with Crippen molar-refractivity contribution in [3.05, 3.63) is 176 Å². The molecule has 0 saturated heterocycles. The molecule has 10 aromatic rings. The van der Waals surface area contributed by atoms with Crippen LogP contribution >= 0.6 is 0 Å². The first-order chi connectivity index (χ1) is 26.3. The standard InChI is InChI=1S/C49H29N3O/c1-4-14-30(15-5-1)34-28-40-35-23-12-20-31-21-13-24-38(43(31)35)44(40)41(29-34)36-26-27-39(45-37-22-10-11-25-42(37)53-46(36)45)49-51-47(32-16-6-2-7-17-32)50-48(52-49)33-18-8-3-9-19-33/h1-29H.